The molecule has 0 amide bonds. The first-order valence-electron chi connectivity index (χ1n) is 7.24. The minimum absolute atomic E-state index is 0.434. The fourth-order valence-corrected chi connectivity index (χ4v) is 4.10. The Morgan fingerprint density at radius 2 is 2.05 bits per heavy atom. The van der Waals surface area contributed by atoms with Gasteiger partial charge in [0.15, 0.2) is 0 Å². The molecule has 1 aliphatic rings. The van der Waals surface area contributed by atoms with E-state index in [1.165, 1.54) is 31.2 Å². The van der Waals surface area contributed by atoms with E-state index in [-0.39, 0.29) is 0 Å². The molecule has 0 spiro atoms. The third-order valence-corrected chi connectivity index (χ3v) is 5.29. The van der Waals surface area contributed by atoms with E-state index >= 15 is 0 Å². The van der Waals surface area contributed by atoms with Gasteiger partial charge in [-0.15, -0.1) is 11.6 Å². The van der Waals surface area contributed by atoms with Gasteiger partial charge in [-0.05, 0) is 30.5 Å². The van der Waals surface area contributed by atoms with Gasteiger partial charge < -0.3 is 0 Å². The van der Waals surface area contributed by atoms with Gasteiger partial charge in [-0.25, -0.2) is 4.68 Å². The van der Waals surface area contributed by atoms with Crippen LogP contribution >= 0.6 is 39.1 Å². The van der Waals surface area contributed by atoms with Crippen LogP contribution in [-0.2, 0) is 12.4 Å². The number of benzene rings is 1. The Morgan fingerprint density at radius 3 is 2.71 bits per heavy atom. The lowest BCUT2D eigenvalue weighted by atomic mass is 10.0. The zero-order valence-electron chi connectivity index (χ0n) is 11.7. The Morgan fingerprint density at radius 1 is 1.29 bits per heavy atom. The van der Waals surface area contributed by atoms with E-state index in [9.17, 15) is 0 Å². The molecule has 0 N–H and O–H groups in total. The number of nitrogens with zero attached hydrogens (tertiary/aromatic N) is 2. The van der Waals surface area contributed by atoms with Gasteiger partial charge in [0, 0.05) is 16.0 Å². The van der Waals surface area contributed by atoms with Crippen molar-refractivity contribution in [2.75, 3.05) is 0 Å². The molecule has 0 saturated heterocycles. The molecule has 2 nitrogen and oxygen atoms in total. The minimum Gasteiger partial charge on any atom is -0.249 e. The highest BCUT2D eigenvalue weighted by molar-refractivity contribution is 9.10. The number of aromatic nitrogens is 2. The highest BCUT2D eigenvalue weighted by Gasteiger charge is 2.25. The van der Waals surface area contributed by atoms with Crippen LogP contribution in [0.4, 0.5) is 0 Å². The molecule has 0 bridgehead atoms. The van der Waals surface area contributed by atoms with Crippen molar-refractivity contribution >= 4 is 39.1 Å². The largest absolute Gasteiger partial charge is 0.249 e. The molecule has 1 aromatic heterocycles. The molecule has 21 heavy (non-hydrogen) atoms. The van der Waals surface area contributed by atoms with E-state index in [0.717, 1.165) is 15.7 Å². The lowest BCUT2D eigenvalue weighted by molar-refractivity contribution is 0.628. The van der Waals surface area contributed by atoms with E-state index in [1.54, 1.807) is 0 Å². The predicted octanol–water partition coefficient (Wildman–Crippen LogP) is 5.74. The summed E-state index contributed by atoms with van der Waals surface area (Å²) in [6.07, 6.45) is 4.97. The van der Waals surface area contributed by atoms with Crippen molar-refractivity contribution in [2.45, 2.75) is 44.0 Å². The monoisotopic (exact) mass is 386 g/mol. The lowest BCUT2D eigenvalue weighted by Gasteiger charge is -2.06. The molecular formula is C16H17BrCl2N2. The molecule has 0 atom stereocenters. The molecule has 112 valence electrons. The normalized spacial score (nSPS) is 15.8. The Labute approximate surface area is 143 Å². The van der Waals surface area contributed by atoms with Gasteiger partial charge in [0.25, 0.3) is 0 Å². The summed E-state index contributed by atoms with van der Waals surface area (Å²) in [5.41, 5.74) is 3.30. The second-order valence-electron chi connectivity index (χ2n) is 5.56. The summed E-state index contributed by atoms with van der Waals surface area (Å²) >= 11 is 16.1. The Bertz CT molecular complexity index is 633. The average Bonchev–Trinajstić information content (AvgIpc) is 3.08. The van der Waals surface area contributed by atoms with Crippen molar-refractivity contribution in [3.63, 3.8) is 0 Å². The molecule has 5 heteroatoms. The molecule has 0 aliphatic heterocycles. The first kappa shape index (κ1) is 15.4. The molecule has 0 radical (unpaired) electrons. The zero-order valence-corrected chi connectivity index (χ0v) is 14.8. The predicted molar refractivity (Wildman–Crippen MR) is 91.2 cm³/mol. The van der Waals surface area contributed by atoms with Crippen LogP contribution in [0.2, 0.25) is 5.15 Å². The topological polar surface area (TPSA) is 17.8 Å². The molecule has 1 saturated carbocycles. The number of hydrogen-bond donors (Lipinski definition) is 0. The van der Waals surface area contributed by atoms with Gasteiger partial charge in [-0.3, -0.25) is 0 Å². The van der Waals surface area contributed by atoms with E-state index in [0.29, 0.717) is 23.5 Å². The van der Waals surface area contributed by atoms with Gasteiger partial charge in [0.2, 0.25) is 0 Å². The molecule has 1 fully saturated rings. The van der Waals surface area contributed by atoms with Crippen molar-refractivity contribution in [2.24, 2.45) is 0 Å². The van der Waals surface area contributed by atoms with Crippen LogP contribution in [0.1, 0.15) is 48.4 Å². The van der Waals surface area contributed by atoms with E-state index in [1.807, 2.05) is 16.8 Å². The van der Waals surface area contributed by atoms with Gasteiger partial charge in [-0.2, -0.15) is 5.10 Å². The first-order chi connectivity index (χ1) is 10.2. The first-order valence-corrected chi connectivity index (χ1v) is 8.95. The van der Waals surface area contributed by atoms with Crippen LogP contribution in [0.15, 0.2) is 28.7 Å². The Kier molecular flexibility index (Phi) is 4.92. The Balaban J connectivity index is 1.91. The highest BCUT2D eigenvalue weighted by Crippen LogP contribution is 2.38. The van der Waals surface area contributed by atoms with Gasteiger partial charge >= 0.3 is 0 Å². The van der Waals surface area contributed by atoms with Crippen LogP contribution < -0.4 is 0 Å². The smallest absolute Gasteiger partial charge is 0.132 e. The van der Waals surface area contributed by atoms with Gasteiger partial charge in [0.1, 0.15) is 5.15 Å². The maximum absolute atomic E-state index is 6.50. The van der Waals surface area contributed by atoms with E-state index in [2.05, 4.69) is 28.1 Å². The summed E-state index contributed by atoms with van der Waals surface area (Å²) < 4.78 is 2.95. The zero-order chi connectivity index (χ0) is 14.8. The number of hydrogen-bond acceptors (Lipinski definition) is 1. The number of alkyl halides is 1. The van der Waals surface area contributed by atoms with E-state index in [4.69, 9.17) is 28.3 Å². The second-order valence-corrected chi connectivity index (χ2v) is 7.10. The third kappa shape index (κ3) is 3.30. The lowest BCUT2D eigenvalue weighted by Crippen LogP contribution is -2.03. The SMILES string of the molecule is ClCc1c(C2CCCC2)nn(Cc2cccc(Br)c2)c1Cl. The van der Waals surface area contributed by atoms with Crippen molar-refractivity contribution in [1.82, 2.24) is 9.78 Å². The van der Waals surface area contributed by atoms with Crippen molar-refractivity contribution in [1.29, 1.82) is 0 Å². The average molecular weight is 388 g/mol. The van der Waals surface area contributed by atoms with E-state index < -0.39 is 0 Å². The molecule has 3 rings (SSSR count). The third-order valence-electron chi connectivity index (χ3n) is 4.11. The van der Waals surface area contributed by atoms with Crippen LogP contribution in [-0.4, -0.2) is 9.78 Å². The molecule has 1 aliphatic carbocycles. The fraction of sp³-hybridized carbons (Fsp3) is 0.438. The maximum atomic E-state index is 6.50. The fourth-order valence-electron chi connectivity index (χ4n) is 3.06. The molecular weight excluding hydrogens is 371 g/mol. The molecule has 2 aromatic rings. The van der Waals surface area contributed by atoms with Crippen molar-refractivity contribution < 1.29 is 0 Å². The van der Waals surface area contributed by atoms with Crippen molar-refractivity contribution in [3.8, 4) is 0 Å². The Hall–Kier alpha value is -0.510. The van der Waals surface area contributed by atoms with Crippen LogP contribution in [0, 0.1) is 0 Å². The summed E-state index contributed by atoms with van der Waals surface area (Å²) in [6, 6.07) is 8.21. The molecule has 1 aromatic carbocycles. The van der Waals surface area contributed by atoms with Crippen LogP contribution in [0.5, 0.6) is 0 Å². The maximum Gasteiger partial charge on any atom is 0.132 e. The second kappa shape index (κ2) is 6.72. The standard InChI is InChI=1S/C16H17BrCl2N2/c17-13-7-3-4-11(8-13)10-21-16(19)14(9-18)15(20-21)12-5-1-2-6-12/h3-4,7-8,12H,1-2,5-6,9-10H2. The summed E-state index contributed by atoms with van der Waals surface area (Å²) in [5, 5.41) is 5.46. The molecule has 0 unspecified atom stereocenters. The summed E-state index contributed by atoms with van der Waals surface area (Å²) in [6.45, 7) is 0.675. The van der Waals surface area contributed by atoms with Crippen molar-refractivity contribution in [3.05, 3.63) is 50.7 Å². The number of halogens is 3. The highest BCUT2D eigenvalue weighted by atomic mass is 79.9. The number of rotatable bonds is 4. The van der Waals surface area contributed by atoms with Crippen LogP contribution in [0.25, 0.3) is 0 Å². The molecule has 1 heterocycles. The minimum atomic E-state index is 0.434. The summed E-state index contributed by atoms with van der Waals surface area (Å²) in [4.78, 5) is 0. The van der Waals surface area contributed by atoms with Gasteiger partial charge in [0.05, 0.1) is 18.1 Å². The summed E-state index contributed by atoms with van der Waals surface area (Å²) in [7, 11) is 0. The summed E-state index contributed by atoms with van der Waals surface area (Å²) in [5.74, 6) is 0.961. The van der Waals surface area contributed by atoms with Crippen LogP contribution in [0.3, 0.4) is 0 Å². The van der Waals surface area contributed by atoms with Gasteiger partial charge in [-0.1, -0.05) is 52.5 Å². The quantitative estimate of drug-likeness (QED) is 0.611.